The molecule has 1 aromatic carbocycles. The third-order valence-corrected chi connectivity index (χ3v) is 3.84. The topological polar surface area (TPSA) is 121 Å². The molecule has 0 aliphatic carbocycles. The fourth-order valence-corrected chi connectivity index (χ4v) is 2.50. The van der Waals surface area contributed by atoms with E-state index in [2.05, 4.69) is 0 Å². The molecule has 0 spiro atoms. The number of ether oxygens (including phenoxy) is 2. The number of carbonyl (C=O) groups is 6. The van der Waals surface area contributed by atoms with Crippen LogP contribution in [0.3, 0.4) is 0 Å². The monoisotopic (exact) mass is 390 g/mol. The first kappa shape index (κ1) is 22.9. The van der Waals surface area contributed by atoms with Crippen molar-refractivity contribution in [3.63, 3.8) is 0 Å². The highest BCUT2D eigenvalue weighted by atomic mass is 16.5. The Labute approximate surface area is 162 Å². The Balaban J connectivity index is 3.12. The van der Waals surface area contributed by atoms with Gasteiger partial charge in [-0.25, -0.2) is 0 Å². The largest absolute Gasteiger partial charge is 0.465 e. The molecule has 150 valence electrons. The molecule has 0 bridgehead atoms. The van der Waals surface area contributed by atoms with Crippen molar-refractivity contribution < 1.29 is 38.2 Å². The molecule has 0 unspecified atom stereocenters. The first-order valence-corrected chi connectivity index (χ1v) is 8.68. The van der Waals surface area contributed by atoms with Crippen molar-refractivity contribution in [3.05, 3.63) is 35.4 Å². The van der Waals surface area contributed by atoms with Crippen LogP contribution in [0.15, 0.2) is 24.3 Å². The van der Waals surface area contributed by atoms with Gasteiger partial charge >= 0.3 is 11.9 Å². The molecule has 2 atom stereocenters. The number of ketones is 4. The molecule has 0 aromatic heterocycles. The molecule has 28 heavy (non-hydrogen) atoms. The lowest BCUT2D eigenvalue weighted by atomic mass is 9.91. The Hall–Kier alpha value is -3.16. The second-order valence-corrected chi connectivity index (χ2v) is 5.90. The average molecular weight is 390 g/mol. The fraction of sp³-hybridized carbons (Fsp3) is 0.400. The summed E-state index contributed by atoms with van der Waals surface area (Å²) >= 11 is 0. The number of hydrogen-bond donors (Lipinski definition) is 0. The van der Waals surface area contributed by atoms with E-state index in [1.807, 2.05) is 0 Å². The number of esters is 2. The molecular weight excluding hydrogens is 368 g/mol. The van der Waals surface area contributed by atoms with E-state index in [0.29, 0.717) is 0 Å². The zero-order valence-corrected chi connectivity index (χ0v) is 16.1. The number of rotatable bonds is 10. The van der Waals surface area contributed by atoms with E-state index >= 15 is 0 Å². The lowest BCUT2D eigenvalue weighted by Crippen LogP contribution is -2.33. The second kappa shape index (κ2) is 10.2. The van der Waals surface area contributed by atoms with E-state index in [4.69, 9.17) is 9.47 Å². The highest BCUT2D eigenvalue weighted by Crippen LogP contribution is 2.17. The SMILES string of the molecule is CCOC(=O)[C@@H](C(C)=O)C(=O)c1ccc(C(=O)[C@H](C(C)=O)C(=O)OCC)cc1. The number of Topliss-reactive ketones (excluding diaryl/α,β-unsaturated/α-hetero) is 4. The minimum absolute atomic E-state index is 0.0142. The van der Waals surface area contributed by atoms with Crippen LogP contribution in [0.2, 0.25) is 0 Å². The second-order valence-electron chi connectivity index (χ2n) is 5.90. The van der Waals surface area contributed by atoms with Gasteiger partial charge in [-0.3, -0.25) is 28.8 Å². The van der Waals surface area contributed by atoms with Crippen LogP contribution in [0.25, 0.3) is 0 Å². The molecule has 0 aliphatic rings. The fourth-order valence-electron chi connectivity index (χ4n) is 2.50. The third kappa shape index (κ3) is 5.42. The van der Waals surface area contributed by atoms with Crippen LogP contribution < -0.4 is 0 Å². The molecule has 0 aliphatic heterocycles. The van der Waals surface area contributed by atoms with Crippen molar-refractivity contribution in [2.75, 3.05) is 13.2 Å². The maximum Gasteiger partial charge on any atom is 0.324 e. The van der Waals surface area contributed by atoms with Gasteiger partial charge in [-0.15, -0.1) is 0 Å². The highest BCUT2D eigenvalue weighted by Gasteiger charge is 2.35. The van der Waals surface area contributed by atoms with Gasteiger partial charge in [0.15, 0.2) is 35.0 Å². The first-order valence-electron chi connectivity index (χ1n) is 8.68. The molecule has 1 aromatic rings. The number of benzene rings is 1. The van der Waals surface area contributed by atoms with Gasteiger partial charge in [0, 0.05) is 11.1 Å². The lowest BCUT2D eigenvalue weighted by molar-refractivity contribution is -0.150. The molecule has 0 heterocycles. The van der Waals surface area contributed by atoms with Crippen molar-refractivity contribution in [3.8, 4) is 0 Å². The Morgan fingerprint density at radius 2 is 0.964 bits per heavy atom. The van der Waals surface area contributed by atoms with Crippen molar-refractivity contribution in [1.29, 1.82) is 0 Å². The Morgan fingerprint density at radius 3 is 1.18 bits per heavy atom. The van der Waals surface area contributed by atoms with Gasteiger partial charge in [0.2, 0.25) is 0 Å². The predicted octanol–water partition coefficient (Wildman–Crippen LogP) is 1.59. The quantitative estimate of drug-likeness (QED) is 0.335. The summed E-state index contributed by atoms with van der Waals surface area (Å²) in [4.78, 5) is 72.1. The smallest absolute Gasteiger partial charge is 0.324 e. The van der Waals surface area contributed by atoms with E-state index in [-0.39, 0.29) is 24.3 Å². The summed E-state index contributed by atoms with van der Waals surface area (Å²) in [7, 11) is 0. The zero-order chi connectivity index (χ0) is 21.4. The third-order valence-electron chi connectivity index (χ3n) is 3.84. The summed E-state index contributed by atoms with van der Waals surface area (Å²) < 4.78 is 9.51. The minimum Gasteiger partial charge on any atom is -0.465 e. The van der Waals surface area contributed by atoms with Gasteiger partial charge in [-0.05, 0) is 27.7 Å². The van der Waals surface area contributed by atoms with Crippen molar-refractivity contribution >= 4 is 35.1 Å². The molecule has 0 amide bonds. The van der Waals surface area contributed by atoms with Gasteiger partial charge in [0.25, 0.3) is 0 Å². The van der Waals surface area contributed by atoms with Crippen LogP contribution in [-0.4, -0.2) is 48.3 Å². The van der Waals surface area contributed by atoms with Gasteiger partial charge in [-0.1, -0.05) is 24.3 Å². The molecule has 8 heteroatoms. The van der Waals surface area contributed by atoms with Crippen LogP contribution in [-0.2, 0) is 28.7 Å². The summed E-state index contributed by atoms with van der Waals surface area (Å²) in [6.07, 6.45) is 0. The van der Waals surface area contributed by atoms with E-state index < -0.39 is 46.9 Å². The summed E-state index contributed by atoms with van der Waals surface area (Å²) in [6.45, 7) is 5.35. The van der Waals surface area contributed by atoms with E-state index in [1.165, 1.54) is 24.3 Å². The predicted molar refractivity (Wildman–Crippen MR) is 96.7 cm³/mol. The molecule has 1 rings (SSSR count). The van der Waals surface area contributed by atoms with Crippen LogP contribution in [0, 0.1) is 11.8 Å². The van der Waals surface area contributed by atoms with E-state index in [1.54, 1.807) is 13.8 Å². The summed E-state index contributed by atoms with van der Waals surface area (Å²) in [5.74, 6) is -7.93. The van der Waals surface area contributed by atoms with Gasteiger partial charge in [0.05, 0.1) is 13.2 Å². The molecule has 0 saturated heterocycles. The molecule has 0 N–H and O–H groups in total. The normalized spacial score (nSPS) is 12.4. The van der Waals surface area contributed by atoms with E-state index in [0.717, 1.165) is 13.8 Å². The molecule has 0 radical (unpaired) electrons. The Kier molecular flexibility index (Phi) is 8.37. The highest BCUT2D eigenvalue weighted by molar-refractivity contribution is 6.23. The van der Waals surface area contributed by atoms with Crippen molar-refractivity contribution in [1.82, 2.24) is 0 Å². The maximum atomic E-state index is 12.5. The summed E-state index contributed by atoms with van der Waals surface area (Å²) in [5, 5.41) is 0. The van der Waals surface area contributed by atoms with Crippen LogP contribution >= 0.6 is 0 Å². The van der Waals surface area contributed by atoms with Crippen LogP contribution in [0.1, 0.15) is 48.4 Å². The summed E-state index contributed by atoms with van der Waals surface area (Å²) in [6, 6.07) is 4.97. The Bertz CT molecular complexity index is 724. The standard InChI is InChI=1S/C20H22O8/c1-5-27-19(25)15(11(3)21)17(23)13-7-9-14(10-8-13)18(24)16(12(4)22)20(26)28-6-2/h7-10,15-16H,5-6H2,1-4H3/t15-,16-/m0/s1. The molecule has 8 nitrogen and oxygen atoms in total. The van der Waals surface area contributed by atoms with Crippen LogP contribution in [0.5, 0.6) is 0 Å². The maximum absolute atomic E-state index is 12.5. The minimum atomic E-state index is -1.59. The first-order chi connectivity index (χ1) is 13.1. The number of carbonyl (C=O) groups excluding carboxylic acids is 6. The van der Waals surface area contributed by atoms with E-state index in [9.17, 15) is 28.8 Å². The zero-order valence-electron chi connectivity index (χ0n) is 16.1. The van der Waals surface area contributed by atoms with Gasteiger partial charge in [-0.2, -0.15) is 0 Å². The van der Waals surface area contributed by atoms with Crippen molar-refractivity contribution in [2.45, 2.75) is 27.7 Å². The van der Waals surface area contributed by atoms with Gasteiger partial charge in [0.1, 0.15) is 0 Å². The van der Waals surface area contributed by atoms with Crippen molar-refractivity contribution in [2.24, 2.45) is 11.8 Å². The molecule has 0 fully saturated rings. The Morgan fingerprint density at radius 1 is 0.679 bits per heavy atom. The molecule has 0 saturated carbocycles. The molecular formula is C20H22O8. The van der Waals surface area contributed by atoms with Gasteiger partial charge < -0.3 is 9.47 Å². The number of hydrogen-bond acceptors (Lipinski definition) is 8. The lowest BCUT2D eigenvalue weighted by Gasteiger charge is -2.13. The summed E-state index contributed by atoms with van der Waals surface area (Å²) in [5.41, 5.74) is 0.0284. The van der Waals surface area contributed by atoms with Crippen LogP contribution in [0.4, 0.5) is 0 Å². The average Bonchev–Trinajstić information content (AvgIpc) is 2.61.